The summed E-state index contributed by atoms with van der Waals surface area (Å²) in [6.45, 7) is 1.74. The van der Waals surface area contributed by atoms with Crippen LogP contribution in [0.15, 0.2) is 35.0 Å². The molecule has 1 heterocycles. The minimum absolute atomic E-state index is 0.0768. The van der Waals surface area contributed by atoms with Crippen LogP contribution < -0.4 is 10.1 Å². The number of aryl methyl sites for hydroxylation is 1. The lowest BCUT2D eigenvalue weighted by Crippen LogP contribution is -2.23. The van der Waals surface area contributed by atoms with Crippen LogP contribution in [0.3, 0.4) is 0 Å². The van der Waals surface area contributed by atoms with E-state index in [9.17, 15) is 9.59 Å². The second-order valence-electron chi connectivity index (χ2n) is 4.61. The highest BCUT2D eigenvalue weighted by Gasteiger charge is 2.34. The number of carbonyl (C=O) groups is 2. The number of thiazole rings is 1. The number of anilines is 1. The number of methoxy groups -OCH3 is 1. The van der Waals surface area contributed by atoms with Crippen molar-refractivity contribution in [2.24, 2.45) is 0 Å². The van der Waals surface area contributed by atoms with E-state index in [-0.39, 0.29) is 22.2 Å². The molecule has 0 fully saturated rings. The van der Waals surface area contributed by atoms with Crippen LogP contribution in [-0.4, -0.2) is 23.7 Å². The topological polar surface area (TPSA) is 68.3 Å². The van der Waals surface area contributed by atoms with Crippen molar-refractivity contribution in [1.82, 2.24) is 4.98 Å². The Morgan fingerprint density at radius 2 is 1.86 bits per heavy atom. The number of hydrogen-bond donors (Lipinski definition) is 1. The van der Waals surface area contributed by atoms with Crippen molar-refractivity contribution < 1.29 is 14.3 Å². The van der Waals surface area contributed by atoms with Crippen LogP contribution in [0.25, 0.3) is 0 Å². The zero-order chi connectivity index (χ0) is 15.9. The van der Waals surface area contributed by atoms with Crippen molar-refractivity contribution in [3.63, 3.8) is 0 Å². The molecule has 1 N–H and O–H groups in total. The number of hydrogen-bond acceptors (Lipinski definition) is 6. The third-order valence-corrected chi connectivity index (χ3v) is 4.49. The van der Waals surface area contributed by atoms with Gasteiger partial charge in [0.05, 0.1) is 12.1 Å². The van der Waals surface area contributed by atoms with Gasteiger partial charge < -0.3 is 10.1 Å². The van der Waals surface area contributed by atoms with Gasteiger partial charge in [-0.15, -0.1) is 11.3 Å². The van der Waals surface area contributed by atoms with Crippen LogP contribution in [-0.2, 0) is 0 Å². The molecule has 0 saturated heterocycles. The third-order valence-electron chi connectivity index (χ3n) is 3.16. The van der Waals surface area contributed by atoms with E-state index in [1.807, 2.05) is 0 Å². The fourth-order valence-electron chi connectivity index (χ4n) is 2.10. The van der Waals surface area contributed by atoms with Gasteiger partial charge in [0.15, 0.2) is 0 Å². The third kappa shape index (κ3) is 2.40. The number of nitrogens with one attached hydrogen (secondary N) is 1. The van der Waals surface area contributed by atoms with E-state index in [4.69, 9.17) is 16.3 Å². The zero-order valence-electron chi connectivity index (χ0n) is 11.8. The van der Waals surface area contributed by atoms with Gasteiger partial charge in [-0.05, 0) is 31.2 Å². The predicted molar refractivity (Wildman–Crippen MR) is 85.0 cm³/mol. The number of ether oxygens (including phenoxy) is 1. The van der Waals surface area contributed by atoms with Crippen LogP contribution in [0, 0.1) is 6.92 Å². The Balaban J connectivity index is 1.97. The SMILES string of the molecule is COc1ccc(NC2=C(Cl)C(=O)c3nc(C)sc3C2=O)cc1. The number of allylic oxidation sites excluding steroid dienone is 2. The summed E-state index contributed by atoms with van der Waals surface area (Å²) in [6.07, 6.45) is 0. The van der Waals surface area contributed by atoms with Gasteiger partial charge in [0.1, 0.15) is 27.0 Å². The number of rotatable bonds is 3. The van der Waals surface area contributed by atoms with Crippen LogP contribution in [0.2, 0.25) is 0 Å². The number of ketones is 2. The first kappa shape index (κ1) is 14.7. The van der Waals surface area contributed by atoms with Crippen LogP contribution in [0.5, 0.6) is 5.75 Å². The van der Waals surface area contributed by atoms with Crippen LogP contribution in [0.1, 0.15) is 25.2 Å². The monoisotopic (exact) mass is 334 g/mol. The fourth-order valence-corrected chi connectivity index (χ4v) is 3.18. The first-order valence-corrected chi connectivity index (χ1v) is 7.58. The largest absolute Gasteiger partial charge is 0.497 e. The van der Waals surface area contributed by atoms with Crippen molar-refractivity contribution in [1.29, 1.82) is 0 Å². The number of nitrogens with zero attached hydrogens (tertiary/aromatic N) is 1. The molecule has 22 heavy (non-hydrogen) atoms. The maximum absolute atomic E-state index is 12.5. The summed E-state index contributed by atoms with van der Waals surface area (Å²) in [5.41, 5.74) is 0.852. The second-order valence-corrected chi connectivity index (χ2v) is 6.19. The normalized spacial score (nSPS) is 14.1. The summed E-state index contributed by atoms with van der Waals surface area (Å²) in [7, 11) is 1.57. The van der Waals surface area contributed by atoms with E-state index in [1.54, 1.807) is 38.3 Å². The van der Waals surface area contributed by atoms with E-state index in [2.05, 4.69) is 10.3 Å². The predicted octanol–water partition coefficient (Wildman–Crippen LogP) is 3.40. The van der Waals surface area contributed by atoms with E-state index in [0.29, 0.717) is 21.3 Å². The molecule has 0 saturated carbocycles. The Morgan fingerprint density at radius 1 is 1.18 bits per heavy atom. The molecule has 112 valence electrons. The molecule has 1 aliphatic carbocycles. The lowest BCUT2D eigenvalue weighted by atomic mass is 10.0. The number of Topliss-reactive ketones (excluding diaryl/α,β-unsaturated/α-hetero) is 2. The van der Waals surface area contributed by atoms with Gasteiger partial charge >= 0.3 is 0 Å². The van der Waals surface area contributed by atoms with E-state index in [1.165, 1.54) is 11.3 Å². The maximum atomic E-state index is 12.5. The molecule has 0 unspecified atom stereocenters. The van der Waals surface area contributed by atoms with Gasteiger partial charge in [-0.2, -0.15) is 0 Å². The lowest BCUT2D eigenvalue weighted by Gasteiger charge is -2.15. The molecule has 0 radical (unpaired) electrons. The van der Waals surface area contributed by atoms with Gasteiger partial charge in [0.25, 0.3) is 0 Å². The summed E-state index contributed by atoms with van der Waals surface area (Å²) >= 11 is 7.25. The molecule has 1 aromatic carbocycles. The number of halogens is 1. The van der Waals surface area contributed by atoms with E-state index < -0.39 is 5.78 Å². The van der Waals surface area contributed by atoms with Gasteiger partial charge in [-0.3, -0.25) is 9.59 Å². The number of fused-ring (bicyclic) bond motifs is 1. The van der Waals surface area contributed by atoms with Crippen molar-refractivity contribution in [2.75, 3.05) is 12.4 Å². The minimum atomic E-state index is -0.434. The maximum Gasteiger partial charge on any atom is 0.226 e. The Kier molecular flexibility index (Phi) is 3.72. The Labute approximate surface area is 135 Å². The molecule has 0 amide bonds. The molecule has 1 aromatic heterocycles. The highest BCUT2D eigenvalue weighted by Crippen LogP contribution is 2.32. The molecule has 0 bridgehead atoms. The summed E-state index contributed by atoms with van der Waals surface area (Å²) in [6, 6.07) is 6.96. The molecular weight excluding hydrogens is 324 g/mol. The van der Waals surface area contributed by atoms with Crippen LogP contribution >= 0.6 is 22.9 Å². The summed E-state index contributed by atoms with van der Waals surface area (Å²) in [5.74, 6) is -0.0605. The number of benzene rings is 1. The first-order chi connectivity index (χ1) is 10.5. The van der Waals surface area contributed by atoms with Crippen molar-refractivity contribution in [3.8, 4) is 5.75 Å². The lowest BCUT2D eigenvalue weighted by molar-refractivity contribution is 0.0982. The summed E-state index contributed by atoms with van der Waals surface area (Å²) < 4.78 is 5.07. The summed E-state index contributed by atoms with van der Waals surface area (Å²) in [5, 5.41) is 3.43. The van der Waals surface area contributed by atoms with Crippen molar-refractivity contribution in [3.05, 3.63) is 50.6 Å². The van der Waals surface area contributed by atoms with E-state index in [0.717, 1.165) is 0 Å². The smallest absolute Gasteiger partial charge is 0.226 e. The molecule has 1 aliphatic rings. The minimum Gasteiger partial charge on any atom is -0.497 e. The Hall–Kier alpha value is -2.18. The average Bonchev–Trinajstić information content (AvgIpc) is 2.92. The van der Waals surface area contributed by atoms with Crippen molar-refractivity contribution >= 4 is 40.2 Å². The van der Waals surface area contributed by atoms with Crippen LogP contribution in [0.4, 0.5) is 5.69 Å². The fraction of sp³-hybridized carbons (Fsp3) is 0.133. The molecule has 7 heteroatoms. The molecule has 3 rings (SSSR count). The summed E-state index contributed by atoms with van der Waals surface area (Å²) in [4.78, 5) is 29.1. The second kappa shape index (κ2) is 5.55. The zero-order valence-corrected chi connectivity index (χ0v) is 13.3. The highest BCUT2D eigenvalue weighted by molar-refractivity contribution is 7.14. The molecular formula is C15H11ClN2O3S. The number of aromatic nitrogens is 1. The highest BCUT2D eigenvalue weighted by atomic mass is 35.5. The number of carbonyl (C=O) groups excluding carboxylic acids is 2. The van der Waals surface area contributed by atoms with Gasteiger partial charge in [-0.25, -0.2) is 4.98 Å². The van der Waals surface area contributed by atoms with Gasteiger partial charge in [-0.1, -0.05) is 11.6 Å². The molecule has 5 nitrogen and oxygen atoms in total. The average molecular weight is 335 g/mol. The Morgan fingerprint density at radius 3 is 2.50 bits per heavy atom. The van der Waals surface area contributed by atoms with E-state index >= 15 is 0 Å². The van der Waals surface area contributed by atoms with Crippen molar-refractivity contribution in [2.45, 2.75) is 6.92 Å². The Bertz CT molecular complexity index is 809. The van der Waals surface area contributed by atoms with Gasteiger partial charge in [0, 0.05) is 5.69 Å². The molecule has 2 aromatic rings. The first-order valence-electron chi connectivity index (χ1n) is 6.39. The molecule has 0 atom stereocenters. The standard InChI is InChI=1S/C15H11ClN2O3S/c1-7-17-12-13(19)10(16)11(14(20)15(12)22-7)18-8-3-5-9(21-2)6-4-8/h3-6,18H,1-2H3. The molecule has 0 spiro atoms. The quantitative estimate of drug-likeness (QED) is 0.931. The molecule has 0 aliphatic heterocycles. The van der Waals surface area contributed by atoms with Gasteiger partial charge in [0.2, 0.25) is 11.6 Å².